The smallest absolute Gasteiger partial charge is 0.209 e. The van der Waals surface area contributed by atoms with Crippen LogP contribution in [0.25, 0.3) is 0 Å². The van der Waals surface area contributed by atoms with Gasteiger partial charge in [-0.2, -0.15) is 0 Å². The monoisotopic (exact) mass is 305 g/mol. The first-order chi connectivity index (χ1) is 9.58. The van der Waals surface area contributed by atoms with Crippen molar-refractivity contribution in [2.45, 2.75) is 70.6 Å². The molecule has 0 aliphatic heterocycles. The molecule has 2 N–H and O–H groups in total. The predicted octanol–water partition coefficient (Wildman–Crippen LogP) is 3.21. The summed E-state index contributed by atoms with van der Waals surface area (Å²) < 4.78 is 27.2. The van der Waals surface area contributed by atoms with Crippen LogP contribution in [-0.2, 0) is 14.8 Å². The summed E-state index contributed by atoms with van der Waals surface area (Å²) in [6, 6.07) is 0. The molecule has 0 aromatic rings. The average Bonchev–Trinajstić information content (AvgIpc) is 2.87. The van der Waals surface area contributed by atoms with Crippen LogP contribution < -0.4 is 5.14 Å². The highest BCUT2D eigenvalue weighted by Crippen LogP contribution is 2.24. The first kappa shape index (κ1) is 17.9. The van der Waals surface area contributed by atoms with Gasteiger partial charge in [0.05, 0.1) is 5.75 Å². The molecular weight excluding hydrogens is 274 g/mol. The van der Waals surface area contributed by atoms with Crippen molar-refractivity contribution in [1.29, 1.82) is 0 Å². The van der Waals surface area contributed by atoms with Crippen LogP contribution in [0.3, 0.4) is 0 Å². The minimum atomic E-state index is -3.26. The number of hydrogen-bond acceptors (Lipinski definition) is 3. The van der Waals surface area contributed by atoms with Gasteiger partial charge in [-0.15, -0.1) is 0 Å². The molecule has 0 amide bonds. The Labute approximate surface area is 124 Å². The van der Waals surface area contributed by atoms with Crippen molar-refractivity contribution < 1.29 is 13.2 Å². The SMILES string of the molecule is NS(=O)(=O)CCCCCCCCCOCC1CCCC1. The van der Waals surface area contributed by atoms with E-state index in [-0.39, 0.29) is 5.75 Å². The number of primary sulfonamides is 1. The van der Waals surface area contributed by atoms with Gasteiger partial charge in [-0.1, -0.05) is 44.9 Å². The van der Waals surface area contributed by atoms with Crippen LogP contribution in [0.4, 0.5) is 0 Å². The highest BCUT2D eigenvalue weighted by atomic mass is 32.2. The second kappa shape index (κ2) is 10.6. The van der Waals surface area contributed by atoms with Crippen molar-refractivity contribution in [3.05, 3.63) is 0 Å². The maximum Gasteiger partial charge on any atom is 0.209 e. The van der Waals surface area contributed by atoms with Crippen LogP contribution in [0.15, 0.2) is 0 Å². The van der Waals surface area contributed by atoms with E-state index in [2.05, 4.69) is 0 Å². The normalized spacial score (nSPS) is 16.9. The highest BCUT2D eigenvalue weighted by Gasteiger charge is 2.14. The summed E-state index contributed by atoms with van der Waals surface area (Å²) in [7, 11) is -3.26. The third-order valence-electron chi connectivity index (χ3n) is 4.05. The molecule has 4 nitrogen and oxygen atoms in total. The van der Waals surface area contributed by atoms with E-state index in [0.717, 1.165) is 38.4 Å². The van der Waals surface area contributed by atoms with Crippen LogP contribution >= 0.6 is 0 Å². The Morgan fingerprint density at radius 2 is 1.45 bits per heavy atom. The molecule has 1 aliphatic rings. The number of rotatable bonds is 12. The standard InChI is InChI=1S/C15H31NO3S/c16-20(17,18)13-9-5-3-1-2-4-8-12-19-14-15-10-6-7-11-15/h15H,1-14H2,(H2,16,17,18). The van der Waals surface area contributed by atoms with Crippen molar-refractivity contribution in [1.82, 2.24) is 0 Å². The van der Waals surface area contributed by atoms with E-state index in [1.54, 1.807) is 0 Å². The number of nitrogens with two attached hydrogens (primary N) is 1. The molecule has 0 heterocycles. The minimum absolute atomic E-state index is 0.127. The van der Waals surface area contributed by atoms with E-state index in [1.165, 1.54) is 44.9 Å². The lowest BCUT2D eigenvalue weighted by Gasteiger charge is -2.09. The van der Waals surface area contributed by atoms with Crippen LogP contribution in [-0.4, -0.2) is 27.4 Å². The molecule has 120 valence electrons. The van der Waals surface area contributed by atoms with Crippen molar-refractivity contribution in [2.24, 2.45) is 11.1 Å². The first-order valence-corrected chi connectivity index (χ1v) is 9.88. The predicted molar refractivity (Wildman–Crippen MR) is 83.1 cm³/mol. The Kier molecular flexibility index (Phi) is 9.48. The summed E-state index contributed by atoms with van der Waals surface area (Å²) in [5, 5.41) is 4.95. The van der Waals surface area contributed by atoms with Gasteiger partial charge in [0, 0.05) is 13.2 Å². The molecule has 0 spiro atoms. The molecule has 0 aromatic carbocycles. The molecule has 1 fully saturated rings. The number of ether oxygens (including phenoxy) is 1. The molecule has 5 heteroatoms. The van der Waals surface area contributed by atoms with E-state index in [4.69, 9.17) is 9.88 Å². The van der Waals surface area contributed by atoms with Gasteiger partial charge in [0.25, 0.3) is 0 Å². The third-order valence-corrected chi connectivity index (χ3v) is 4.90. The zero-order valence-electron chi connectivity index (χ0n) is 12.7. The molecule has 0 bridgehead atoms. The molecule has 0 aromatic heterocycles. The number of hydrogen-bond donors (Lipinski definition) is 1. The fraction of sp³-hybridized carbons (Fsp3) is 1.00. The van der Waals surface area contributed by atoms with E-state index in [1.807, 2.05) is 0 Å². The summed E-state index contributed by atoms with van der Waals surface area (Å²) in [6.07, 6.45) is 13.1. The fourth-order valence-corrected chi connectivity index (χ4v) is 3.42. The van der Waals surface area contributed by atoms with Crippen molar-refractivity contribution in [3.8, 4) is 0 Å². The van der Waals surface area contributed by atoms with Gasteiger partial charge in [-0.05, 0) is 31.6 Å². The maximum absolute atomic E-state index is 10.7. The van der Waals surface area contributed by atoms with E-state index in [0.29, 0.717) is 6.42 Å². The lowest BCUT2D eigenvalue weighted by atomic mass is 10.1. The molecule has 0 atom stereocenters. The van der Waals surface area contributed by atoms with E-state index >= 15 is 0 Å². The molecule has 0 saturated heterocycles. The van der Waals surface area contributed by atoms with Gasteiger partial charge in [0.2, 0.25) is 10.0 Å². The maximum atomic E-state index is 10.7. The summed E-state index contributed by atoms with van der Waals surface area (Å²) in [6.45, 7) is 1.87. The Balaban J connectivity index is 1.74. The van der Waals surface area contributed by atoms with Gasteiger partial charge in [-0.25, -0.2) is 13.6 Å². The fourth-order valence-electron chi connectivity index (χ4n) is 2.82. The summed E-state index contributed by atoms with van der Waals surface area (Å²) in [4.78, 5) is 0. The van der Waals surface area contributed by atoms with Gasteiger partial charge < -0.3 is 4.74 Å². The largest absolute Gasteiger partial charge is 0.381 e. The van der Waals surface area contributed by atoms with Gasteiger partial charge in [0.15, 0.2) is 0 Å². The zero-order valence-corrected chi connectivity index (χ0v) is 13.5. The van der Waals surface area contributed by atoms with Crippen LogP contribution in [0.5, 0.6) is 0 Å². The van der Waals surface area contributed by atoms with Crippen molar-refractivity contribution >= 4 is 10.0 Å². The Morgan fingerprint density at radius 1 is 0.900 bits per heavy atom. The second-order valence-electron chi connectivity index (χ2n) is 6.07. The van der Waals surface area contributed by atoms with Gasteiger partial charge in [-0.3, -0.25) is 0 Å². The van der Waals surface area contributed by atoms with Crippen LogP contribution in [0.1, 0.15) is 70.6 Å². The number of unbranched alkanes of at least 4 members (excludes halogenated alkanes) is 6. The summed E-state index contributed by atoms with van der Waals surface area (Å²) in [5.41, 5.74) is 0. The second-order valence-corrected chi connectivity index (χ2v) is 7.80. The third kappa shape index (κ3) is 10.6. The Morgan fingerprint density at radius 3 is 2.05 bits per heavy atom. The summed E-state index contributed by atoms with van der Waals surface area (Å²) in [5.74, 6) is 0.955. The summed E-state index contributed by atoms with van der Waals surface area (Å²) >= 11 is 0. The van der Waals surface area contributed by atoms with Crippen LogP contribution in [0.2, 0.25) is 0 Å². The average molecular weight is 305 g/mol. The highest BCUT2D eigenvalue weighted by molar-refractivity contribution is 7.89. The lowest BCUT2D eigenvalue weighted by Crippen LogP contribution is -2.16. The van der Waals surface area contributed by atoms with E-state index in [9.17, 15) is 8.42 Å². The minimum Gasteiger partial charge on any atom is -0.381 e. The van der Waals surface area contributed by atoms with Crippen molar-refractivity contribution in [3.63, 3.8) is 0 Å². The van der Waals surface area contributed by atoms with Gasteiger partial charge >= 0.3 is 0 Å². The molecular formula is C15H31NO3S. The van der Waals surface area contributed by atoms with Crippen molar-refractivity contribution in [2.75, 3.05) is 19.0 Å². The molecule has 1 aliphatic carbocycles. The molecule has 1 rings (SSSR count). The van der Waals surface area contributed by atoms with E-state index < -0.39 is 10.0 Å². The number of sulfonamides is 1. The molecule has 20 heavy (non-hydrogen) atoms. The lowest BCUT2D eigenvalue weighted by molar-refractivity contribution is 0.0978. The molecule has 0 radical (unpaired) electrons. The Bertz CT molecular complexity index is 324. The first-order valence-electron chi connectivity index (χ1n) is 8.16. The molecule has 0 unspecified atom stereocenters. The van der Waals surface area contributed by atoms with Crippen LogP contribution in [0, 0.1) is 5.92 Å². The molecule has 1 saturated carbocycles. The zero-order chi connectivity index (χ0) is 14.7. The van der Waals surface area contributed by atoms with Gasteiger partial charge in [0.1, 0.15) is 0 Å². The topological polar surface area (TPSA) is 69.4 Å². The quantitative estimate of drug-likeness (QED) is 0.563. The Hall–Kier alpha value is -0.130.